The molecule has 0 atom stereocenters. The van der Waals surface area contributed by atoms with Crippen LogP contribution >= 0.6 is 12.2 Å². The van der Waals surface area contributed by atoms with Crippen LogP contribution in [0, 0.1) is 6.92 Å². The molecular weight excluding hydrogens is 254 g/mol. The van der Waals surface area contributed by atoms with Crippen LogP contribution in [0.2, 0.25) is 0 Å². The van der Waals surface area contributed by atoms with E-state index >= 15 is 0 Å². The first-order chi connectivity index (χ1) is 9.13. The van der Waals surface area contributed by atoms with Gasteiger partial charge in [-0.1, -0.05) is 29.8 Å². The smallest absolute Gasteiger partial charge is 0.166 e. The summed E-state index contributed by atoms with van der Waals surface area (Å²) in [5.74, 6) is 0. The van der Waals surface area contributed by atoms with Gasteiger partial charge >= 0.3 is 0 Å². The van der Waals surface area contributed by atoms with Crippen LogP contribution in [0.3, 0.4) is 0 Å². The van der Waals surface area contributed by atoms with Crippen molar-refractivity contribution in [1.29, 1.82) is 0 Å². The Morgan fingerprint density at radius 3 is 2.53 bits per heavy atom. The molecule has 0 aromatic heterocycles. The van der Waals surface area contributed by atoms with E-state index in [2.05, 4.69) is 48.9 Å². The van der Waals surface area contributed by atoms with Gasteiger partial charge in [0.05, 0.1) is 20.1 Å². The highest BCUT2D eigenvalue weighted by Crippen LogP contribution is 2.03. The van der Waals surface area contributed by atoms with Gasteiger partial charge in [-0.2, -0.15) is 0 Å². The number of hydrogen-bond donors (Lipinski definition) is 3. The Morgan fingerprint density at radius 1 is 1.26 bits per heavy atom. The normalized spacial score (nSPS) is 22.8. The maximum absolute atomic E-state index is 5.36. The zero-order valence-electron chi connectivity index (χ0n) is 11.8. The van der Waals surface area contributed by atoms with Gasteiger partial charge in [0.15, 0.2) is 5.11 Å². The summed E-state index contributed by atoms with van der Waals surface area (Å²) in [5.41, 5.74) is 2.56. The largest absolute Gasteiger partial charge is 0.360 e. The fourth-order valence-corrected chi connectivity index (χ4v) is 2.62. The number of likely N-dealkylation sites (tertiary alicyclic amines) is 1. The summed E-state index contributed by atoms with van der Waals surface area (Å²) in [6.07, 6.45) is 2.41. The van der Waals surface area contributed by atoms with Gasteiger partial charge in [-0.05, 0) is 24.7 Å². The minimum absolute atomic E-state index is 0.543. The maximum Gasteiger partial charge on any atom is 0.166 e. The van der Waals surface area contributed by atoms with Crippen molar-refractivity contribution < 1.29 is 4.90 Å². The van der Waals surface area contributed by atoms with E-state index in [1.54, 1.807) is 4.90 Å². The Morgan fingerprint density at radius 2 is 1.89 bits per heavy atom. The number of benzene rings is 1. The zero-order valence-corrected chi connectivity index (χ0v) is 12.6. The summed E-state index contributed by atoms with van der Waals surface area (Å²) in [6, 6.07) is 9.09. The lowest BCUT2D eigenvalue weighted by Gasteiger charge is -2.28. The van der Waals surface area contributed by atoms with Crippen molar-refractivity contribution in [2.24, 2.45) is 0 Å². The minimum atomic E-state index is 0.543. The summed E-state index contributed by atoms with van der Waals surface area (Å²) >= 11 is 5.36. The summed E-state index contributed by atoms with van der Waals surface area (Å²) in [7, 11) is 2.25. The van der Waals surface area contributed by atoms with Crippen molar-refractivity contribution in [3.8, 4) is 0 Å². The molecule has 0 spiro atoms. The van der Waals surface area contributed by atoms with E-state index in [4.69, 9.17) is 12.2 Å². The standard InChI is InChI=1S/C15H23N3S/c1-12-3-5-13(6-4-12)11-16-15(19)17-14-7-9-18(2)10-8-14/h3-6,14H,7-11H2,1-2H3,(H2,16,17,19)/p+1. The van der Waals surface area contributed by atoms with E-state index in [9.17, 15) is 0 Å². The Hall–Kier alpha value is -1.13. The van der Waals surface area contributed by atoms with Gasteiger partial charge in [-0.25, -0.2) is 0 Å². The van der Waals surface area contributed by atoms with Gasteiger partial charge in [0.1, 0.15) is 0 Å². The predicted octanol–water partition coefficient (Wildman–Crippen LogP) is 0.636. The molecule has 104 valence electrons. The van der Waals surface area contributed by atoms with E-state index in [1.807, 2.05) is 0 Å². The van der Waals surface area contributed by atoms with Crippen molar-refractivity contribution in [3.63, 3.8) is 0 Å². The second-order valence-electron chi connectivity index (χ2n) is 5.54. The molecule has 1 saturated heterocycles. The molecular formula is C15H24N3S+. The Bertz CT molecular complexity index is 408. The number of piperidine rings is 1. The molecule has 4 heteroatoms. The molecule has 1 heterocycles. The van der Waals surface area contributed by atoms with E-state index in [0.717, 1.165) is 11.7 Å². The molecule has 0 aliphatic carbocycles. The quantitative estimate of drug-likeness (QED) is 0.709. The Labute approximate surface area is 121 Å². The predicted molar refractivity (Wildman–Crippen MR) is 83.4 cm³/mol. The van der Waals surface area contributed by atoms with Crippen LogP contribution < -0.4 is 15.5 Å². The highest BCUT2D eigenvalue weighted by Gasteiger charge is 2.19. The number of hydrogen-bond acceptors (Lipinski definition) is 1. The third-order valence-corrected chi connectivity index (χ3v) is 4.01. The third kappa shape index (κ3) is 4.80. The van der Waals surface area contributed by atoms with Crippen LogP contribution in [0.1, 0.15) is 24.0 Å². The second kappa shape index (κ2) is 6.87. The first kappa shape index (κ1) is 14.3. The second-order valence-corrected chi connectivity index (χ2v) is 5.95. The summed E-state index contributed by atoms with van der Waals surface area (Å²) in [4.78, 5) is 1.62. The number of nitrogens with one attached hydrogen (secondary N) is 3. The number of aryl methyl sites for hydroxylation is 1. The van der Waals surface area contributed by atoms with Crippen molar-refractivity contribution >= 4 is 17.3 Å². The maximum atomic E-state index is 5.36. The van der Waals surface area contributed by atoms with Crippen LogP contribution in [-0.4, -0.2) is 31.3 Å². The molecule has 1 aliphatic rings. The molecule has 0 radical (unpaired) electrons. The van der Waals surface area contributed by atoms with Crippen molar-refractivity contribution in [3.05, 3.63) is 35.4 Å². The molecule has 3 N–H and O–H groups in total. The van der Waals surface area contributed by atoms with Gasteiger partial charge in [0, 0.05) is 25.4 Å². The van der Waals surface area contributed by atoms with Crippen LogP contribution in [0.4, 0.5) is 0 Å². The van der Waals surface area contributed by atoms with Gasteiger partial charge in [0.2, 0.25) is 0 Å². The van der Waals surface area contributed by atoms with Crippen LogP contribution in [0.5, 0.6) is 0 Å². The van der Waals surface area contributed by atoms with Crippen LogP contribution in [0.15, 0.2) is 24.3 Å². The highest BCUT2D eigenvalue weighted by molar-refractivity contribution is 7.80. The lowest BCUT2D eigenvalue weighted by atomic mass is 10.1. The highest BCUT2D eigenvalue weighted by atomic mass is 32.1. The zero-order chi connectivity index (χ0) is 13.7. The average Bonchev–Trinajstić information content (AvgIpc) is 2.41. The molecule has 0 amide bonds. The lowest BCUT2D eigenvalue weighted by Crippen LogP contribution is -3.10. The first-order valence-corrected chi connectivity index (χ1v) is 7.45. The number of thiocarbonyl (C=S) groups is 1. The van der Waals surface area contributed by atoms with Gasteiger partial charge < -0.3 is 15.5 Å². The lowest BCUT2D eigenvalue weighted by molar-refractivity contribution is -0.884. The molecule has 1 fully saturated rings. The molecule has 1 aliphatic heterocycles. The van der Waals surface area contributed by atoms with Crippen molar-refractivity contribution in [2.75, 3.05) is 20.1 Å². The molecule has 1 aromatic rings. The van der Waals surface area contributed by atoms with Crippen molar-refractivity contribution in [2.45, 2.75) is 32.4 Å². The van der Waals surface area contributed by atoms with E-state index in [0.29, 0.717) is 6.04 Å². The molecule has 0 saturated carbocycles. The minimum Gasteiger partial charge on any atom is -0.360 e. The first-order valence-electron chi connectivity index (χ1n) is 7.04. The summed E-state index contributed by atoms with van der Waals surface area (Å²) < 4.78 is 0. The van der Waals surface area contributed by atoms with Crippen LogP contribution in [-0.2, 0) is 6.54 Å². The van der Waals surface area contributed by atoms with Crippen LogP contribution in [0.25, 0.3) is 0 Å². The van der Waals surface area contributed by atoms with Gasteiger partial charge in [-0.3, -0.25) is 0 Å². The van der Waals surface area contributed by atoms with Crippen molar-refractivity contribution in [1.82, 2.24) is 10.6 Å². The molecule has 0 unspecified atom stereocenters. The SMILES string of the molecule is Cc1ccc(CNC(=S)NC2CC[NH+](C)CC2)cc1. The fraction of sp³-hybridized carbons (Fsp3) is 0.533. The average molecular weight is 278 g/mol. The molecule has 3 nitrogen and oxygen atoms in total. The Kier molecular flexibility index (Phi) is 5.16. The topological polar surface area (TPSA) is 28.5 Å². The Balaban J connectivity index is 1.71. The summed E-state index contributed by atoms with van der Waals surface area (Å²) in [5, 5.41) is 7.50. The third-order valence-electron chi connectivity index (χ3n) is 3.75. The number of quaternary nitrogens is 1. The fourth-order valence-electron chi connectivity index (χ4n) is 2.38. The molecule has 1 aromatic carbocycles. The molecule has 19 heavy (non-hydrogen) atoms. The number of rotatable bonds is 3. The monoisotopic (exact) mass is 278 g/mol. The summed E-state index contributed by atoms with van der Waals surface area (Å²) in [6.45, 7) is 5.37. The van der Waals surface area contributed by atoms with E-state index in [1.165, 1.54) is 37.1 Å². The van der Waals surface area contributed by atoms with E-state index in [-0.39, 0.29) is 0 Å². The van der Waals surface area contributed by atoms with Gasteiger partial charge in [0.25, 0.3) is 0 Å². The van der Waals surface area contributed by atoms with E-state index < -0.39 is 0 Å². The van der Waals surface area contributed by atoms with Gasteiger partial charge in [-0.15, -0.1) is 0 Å². The molecule has 0 bridgehead atoms. The molecule has 2 rings (SSSR count).